The number of hydrogen-bond donors (Lipinski definition) is 1. The number of methoxy groups -OCH3 is 2. The Morgan fingerprint density at radius 1 is 1.14 bits per heavy atom. The minimum Gasteiger partial charge on any atom is -0.493 e. The summed E-state index contributed by atoms with van der Waals surface area (Å²) in [5.74, 6) is 1.05. The summed E-state index contributed by atoms with van der Waals surface area (Å²) in [6.45, 7) is 4.01. The first-order valence-electron chi connectivity index (χ1n) is 8.92. The second kappa shape index (κ2) is 8.84. The molecule has 1 heterocycles. The summed E-state index contributed by atoms with van der Waals surface area (Å²) in [6, 6.07) is 13.2. The van der Waals surface area contributed by atoms with Crippen molar-refractivity contribution in [1.29, 1.82) is 5.26 Å². The van der Waals surface area contributed by atoms with Crippen LogP contribution >= 0.6 is 11.8 Å². The quantitative estimate of drug-likeness (QED) is 0.607. The third-order valence-corrected chi connectivity index (χ3v) is 5.37. The zero-order valence-electron chi connectivity index (χ0n) is 16.7. The van der Waals surface area contributed by atoms with Gasteiger partial charge in [0.15, 0.2) is 11.5 Å². The molecule has 1 amide bonds. The van der Waals surface area contributed by atoms with Crippen LogP contribution in [0.3, 0.4) is 0 Å². The van der Waals surface area contributed by atoms with Gasteiger partial charge in [0.2, 0.25) is 5.91 Å². The van der Waals surface area contributed by atoms with Gasteiger partial charge in [-0.05, 0) is 49.2 Å². The van der Waals surface area contributed by atoms with E-state index in [0.29, 0.717) is 27.8 Å². The van der Waals surface area contributed by atoms with Crippen molar-refractivity contribution in [2.75, 3.05) is 25.3 Å². The van der Waals surface area contributed by atoms with Gasteiger partial charge in [0.05, 0.1) is 31.1 Å². The number of anilines is 1. The molecule has 148 valence electrons. The fourth-order valence-corrected chi connectivity index (χ4v) is 3.81. The maximum atomic E-state index is 12.4. The molecule has 0 aliphatic heterocycles. The van der Waals surface area contributed by atoms with E-state index in [-0.39, 0.29) is 11.7 Å². The van der Waals surface area contributed by atoms with Crippen LogP contribution in [0.1, 0.15) is 16.7 Å². The molecule has 2 aromatic carbocycles. The van der Waals surface area contributed by atoms with E-state index in [0.717, 1.165) is 22.0 Å². The average molecular weight is 407 g/mol. The first kappa shape index (κ1) is 20.5. The monoisotopic (exact) mass is 407 g/mol. The SMILES string of the molecule is COc1ccc(NC(=O)CSc2nc3cc(C)cc(C)c3cc2C#N)cc1OC. The van der Waals surface area contributed by atoms with Crippen LogP contribution in [0, 0.1) is 25.2 Å². The van der Waals surface area contributed by atoms with Crippen molar-refractivity contribution < 1.29 is 14.3 Å². The van der Waals surface area contributed by atoms with E-state index in [1.807, 2.05) is 26.0 Å². The van der Waals surface area contributed by atoms with E-state index in [1.54, 1.807) is 25.3 Å². The van der Waals surface area contributed by atoms with E-state index in [9.17, 15) is 10.1 Å². The summed E-state index contributed by atoms with van der Waals surface area (Å²) in [5.41, 5.74) is 4.07. The van der Waals surface area contributed by atoms with Crippen molar-refractivity contribution in [2.45, 2.75) is 18.9 Å². The van der Waals surface area contributed by atoms with E-state index >= 15 is 0 Å². The first-order valence-corrected chi connectivity index (χ1v) is 9.90. The lowest BCUT2D eigenvalue weighted by Crippen LogP contribution is -2.14. The maximum absolute atomic E-state index is 12.4. The van der Waals surface area contributed by atoms with Crippen LogP contribution in [0.2, 0.25) is 0 Å². The smallest absolute Gasteiger partial charge is 0.234 e. The number of pyridine rings is 1. The van der Waals surface area contributed by atoms with Crippen molar-refractivity contribution >= 4 is 34.3 Å². The molecule has 0 aliphatic carbocycles. The normalized spacial score (nSPS) is 10.4. The van der Waals surface area contributed by atoms with Gasteiger partial charge in [-0.25, -0.2) is 4.98 Å². The zero-order chi connectivity index (χ0) is 21.0. The molecule has 0 unspecified atom stereocenters. The van der Waals surface area contributed by atoms with Gasteiger partial charge in [-0.2, -0.15) is 5.26 Å². The van der Waals surface area contributed by atoms with E-state index in [1.165, 1.54) is 18.9 Å². The minimum absolute atomic E-state index is 0.131. The summed E-state index contributed by atoms with van der Waals surface area (Å²) in [7, 11) is 3.09. The van der Waals surface area contributed by atoms with Crippen molar-refractivity contribution in [2.24, 2.45) is 0 Å². The predicted molar refractivity (Wildman–Crippen MR) is 115 cm³/mol. The summed E-state index contributed by atoms with van der Waals surface area (Å²) < 4.78 is 10.4. The molecule has 0 atom stereocenters. The van der Waals surface area contributed by atoms with Crippen molar-refractivity contribution in [3.8, 4) is 17.6 Å². The summed E-state index contributed by atoms with van der Waals surface area (Å²) in [4.78, 5) is 17.0. The molecule has 0 bridgehead atoms. The van der Waals surface area contributed by atoms with Gasteiger partial charge >= 0.3 is 0 Å². The molecule has 6 nitrogen and oxygen atoms in total. The third-order valence-electron chi connectivity index (χ3n) is 4.38. The highest BCUT2D eigenvalue weighted by Crippen LogP contribution is 2.30. The molecule has 3 aromatic rings. The zero-order valence-corrected chi connectivity index (χ0v) is 17.5. The number of amides is 1. The molecule has 29 heavy (non-hydrogen) atoms. The van der Waals surface area contributed by atoms with Gasteiger partial charge in [0.1, 0.15) is 11.1 Å². The number of ether oxygens (including phenoxy) is 2. The third kappa shape index (κ3) is 4.61. The number of hydrogen-bond acceptors (Lipinski definition) is 6. The van der Waals surface area contributed by atoms with Crippen LogP contribution in [0.4, 0.5) is 5.69 Å². The molecule has 0 radical (unpaired) electrons. The second-order valence-electron chi connectivity index (χ2n) is 6.51. The maximum Gasteiger partial charge on any atom is 0.234 e. The predicted octanol–water partition coefficient (Wildman–Crippen LogP) is 4.47. The highest BCUT2D eigenvalue weighted by atomic mass is 32.2. The van der Waals surface area contributed by atoms with Crippen LogP contribution in [-0.4, -0.2) is 30.9 Å². The largest absolute Gasteiger partial charge is 0.493 e. The van der Waals surface area contributed by atoms with E-state index in [2.05, 4.69) is 22.4 Å². The van der Waals surface area contributed by atoms with Crippen LogP contribution in [0.5, 0.6) is 11.5 Å². The summed E-state index contributed by atoms with van der Waals surface area (Å²) in [5, 5.41) is 13.8. The Bertz CT molecular complexity index is 1120. The molecule has 3 rings (SSSR count). The number of thioether (sulfide) groups is 1. The Balaban J connectivity index is 1.76. The number of nitrogens with zero attached hydrogens (tertiary/aromatic N) is 2. The fraction of sp³-hybridized carbons (Fsp3) is 0.227. The van der Waals surface area contributed by atoms with Crippen LogP contribution < -0.4 is 14.8 Å². The molecule has 0 aliphatic rings. The van der Waals surface area contributed by atoms with Crippen molar-refractivity contribution in [3.05, 3.63) is 53.1 Å². The standard InChI is InChI=1S/C22H21N3O3S/c1-13-7-14(2)17-9-15(11-23)22(25-18(17)8-13)29-12-21(26)24-16-5-6-19(27-3)20(10-16)28-4/h5-10H,12H2,1-4H3,(H,24,26). The van der Waals surface area contributed by atoms with Crippen LogP contribution in [-0.2, 0) is 4.79 Å². The highest BCUT2D eigenvalue weighted by Gasteiger charge is 2.13. The molecular weight excluding hydrogens is 386 g/mol. The lowest BCUT2D eigenvalue weighted by atomic mass is 10.1. The number of carbonyl (C=O) groups excluding carboxylic acids is 1. The van der Waals surface area contributed by atoms with Gasteiger partial charge in [-0.1, -0.05) is 17.8 Å². The van der Waals surface area contributed by atoms with Gasteiger partial charge in [-0.3, -0.25) is 4.79 Å². The molecule has 0 fully saturated rings. The lowest BCUT2D eigenvalue weighted by molar-refractivity contribution is -0.113. The topological polar surface area (TPSA) is 84.2 Å². The van der Waals surface area contributed by atoms with Gasteiger partial charge in [0, 0.05) is 17.1 Å². The molecule has 0 saturated heterocycles. The minimum atomic E-state index is -0.201. The molecule has 0 spiro atoms. The van der Waals surface area contributed by atoms with Crippen LogP contribution in [0.15, 0.2) is 41.4 Å². The number of nitrogens with one attached hydrogen (secondary N) is 1. The Hall–Kier alpha value is -3.24. The number of carbonyl (C=O) groups is 1. The van der Waals surface area contributed by atoms with Crippen molar-refractivity contribution in [1.82, 2.24) is 4.98 Å². The van der Waals surface area contributed by atoms with Gasteiger partial charge < -0.3 is 14.8 Å². The average Bonchev–Trinajstić information content (AvgIpc) is 2.71. The van der Waals surface area contributed by atoms with Gasteiger partial charge in [-0.15, -0.1) is 0 Å². The number of rotatable bonds is 6. The summed E-state index contributed by atoms with van der Waals surface area (Å²) in [6.07, 6.45) is 0. The Labute approximate surface area is 173 Å². The summed E-state index contributed by atoms with van der Waals surface area (Å²) >= 11 is 1.24. The van der Waals surface area contributed by atoms with Crippen LogP contribution in [0.25, 0.3) is 10.9 Å². The number of benzene rings is 2. The number of aryl methyl sites for hydroxylation is 2. The Morgan fingerprint density at radius 2 is 1.90 bits per heavy atom. The Kier molecular flexibility index (Phi) is 6.25. The van der Waals surface area contributed by atoms with E-state index in [4.69, 9.17) is 9.47 Å². The van der Waals surface area contributed by atoms with Gasteiger partial charge in [0.25, 0.3) is 0 Å². The Morgan fingerprint density at radius 3 is 2.59 bits per heavy atom. The van der Waals surface area contributed by atoms with E-state index < -0.39 is 0 Å². The molecule has 1 N–H and O–H groups in total. The second-order valence-corrected chi connectivity index (χ2v) is 7.47. The van der Waals surface area contributed by atoms with Crippen molar-refractivity contribution in [3.63, 3.8) is 0 Å². The molecular formula is C22H21N3O3S. The number of fused-ring (bicyclic) bond motifs is 1. The molecule has 1 aromatic heterocycles. The number of aromatic nitrogens is 1. The molecule has 0 saturated carbocycles. The fourth-order valence-electron chi connectivity index (χ4n) is 3.05. The highest BCUT2D eigenvalue weighted by molar-refractivity contribution is 8.00. The lowest BCUT2D eigenvalue weighted by Gasteiger charge is -2.11. The number of nitriles is 1. The molecule has 7 heteroatoms. The first-order chi connectivity index (χ1) is 13.9.